The highest BCUT2D eigenvalue weighted by Gasteiger charge is 2.38. The van der Waals surface area contributed by atoms with E-state index >= 15 is 0 Å². The van der Waals surface area contributed by atoms with Crippen LogP contribution < -0.4 is 5.32 Å². The molecule has 2 aliphatic rings. The number of imidazole rings is 2. The van der Waals surface area contributed by atoms with E-state index in [9.17, 15) is 14.4 Å². The summed E-state index contributed by atoms with van der Waals surface area (Å²) < 4.78 is 4.84. The summed E-state index contributed by atoms with van der Waals surface area (Å²) in [5, 5.41) is 2.72. The number of nitrogens with zero attached hydrogens (tertiary/aromatic N) is 5. The Kier molecular flexibility index (Phi) is 11.4. The van der Waals surface area contributed by atoms with E-state index in [-0.39, 0.29) is 29.9 Å². The molecule has 2 aliphatic heterocycles. The maximum Gasteiger partial charge on any atom is 0.407 e. The number of likely N-dealkylation sites (N-methyl/N-ethyl adjacent to an activating group) is 1. The van der Waals surface area contributed by atoms with E-state index in [4.69, 9.17) is 14.7 Å². The number of carbonyl (C=O) groups is 3. The molecule has 3 N–H and O–H groups in total. The molecular formula is C47H50N8O4. The van der Waals surface area contributed by atoms with Crippen LogP contribution in [0.5, 0.6) is 0 Å². The Bertz CT molecular complexity index is 2410. The van der Waals surface area contributed by atoms with E-state index in [0.717, 1.165) is 76.3 Å². The summed E-state index contributed by atoms with van der Waals surface area (Å²) in [5.74, 6) is 1.42. The van der Waals surface area contributed by atoms with Gasteiger partial charge >= 0.3 is 6.09 Å². The normalized spacial score (nSPS) is 17.6. The van der Waals surface area contributed by atoms with Gasteiger partial charge in [-0.15, -0.1) is 0 Å². The molecule has 2 saturated heterocycles. The lowest BCUT2D eigenvalue weighted by atomic mass is 9.96. The van der Waals surface area contributed by atoms with Crippen molar-refractivity contribution in [2.45, 2.75) is 56.8 Å². The third-order valence-electron chi connectivity index (χ3n) is 11.6. The lowest BCUT2D eigenvalue weighted by molar-refractivity contribution is -0.137. The van der Waals surface area contributed by atoms with Gasteiger partial charge in [0.2, 0.25) is 5.91 Å². The summed E-state index contributed by atoms with van der Waals surface area (Å²) in [6, 6.07) is 32.4. The fourth-order valence-corrected chi connectivity index (χ4v) is 8.65. The smallest absolute Gasteiger partial charge is 0.407 e. The summed E-state index contributed by atoms with van der Waals surface area (Å²) in [7, 11) is 5.19. The molecule has 0 radical (unpaired) electrons. The molecule has 4 heterocycles. The van der Waals surface area contributed by atoms with E-state index in [2.05, 4.69) is 64.7 Å². The second-order valence-corrected chi connectivity index (χ2v) is 15.6. The molecule has 0 spiro atoms. The average molecular weight is 791 g/mol. The Balaban J connectivity index is 0.948. The van der Waals surface area contributed by atoms with Crippen LogP contribution in [0.2, 0.25) is 0 Å². The number of hydrogen-bond acceptors (Lipinski definition) is 7. The Morgan fingerprint density at radius 1 is 0.712 bits per heavy atom. The minimum absolute atomic E-state index is 0.0943. The number of nitrogens with one attached hydrogen (secondary N) is 3. The van der Waals surface area contributed by atoms with Gasteiger partial charge in [-0.3, -0.25) is 14.5 Å². The predicted octanol–water partition coefficient (Wildman–Crippen LogP) is 8.17. The first-order chi connectivity index (χ1) is 28.7. The van der Waals surface area contributed by atoms with Crippen molar-refractivity contribution in [3.8, 4) is 33.6 Å². The highest BCUT2D eigenvalue weighted by molar-refractivity contribution is 5.87. The van der Waals surface area contributed by atoms with E-state index in [1.54, 1.807) is 4.90 Å². The second kappa shape index (κ2) is 17.1. The van der Waals surface area contributed by atoms with Crippen LogP contribution in [0, 0.1) is 6.92 Å². The number of ether oxygens (including phenoxy) is 1. The van der Waals surface area contributed by atoms with Gasteiger partial charge in [0, 0.05) is 13.1 Å². The van der Waals surface area contributed by atoms with Crippen molar-refractivity contribution < 1.29 is 19.1 Å². The topological polar surface area (TPSA) is 140 Å². The van der Waals surface area contributed by atoms with Gasteiger partial charge in [0.05, 0.1) is 43.0 Å². The minimum Gasteiger partial charge on any atom is -0.453 e. The average Bonchev–Trinajstić information content (AvgIpc) is 4.10. The van der Waals surface area contributed by atoms with Gasteiger partial charge in [-0.2, -0.15) is 0 Å². The van der Waals surface area contributed by atoms with Crippen molar-refractivity contribution >= 4 is 17.9 Å². The highest BCUT2D eigenvalue weighted by Crippen LogP contribution is 2.37. The maximum absolute atomic E-state index is 14.0. The number of aromatic nitrogens is 4. The number of hydrogen-bond donors (Lipinski definition) is 3. The molecule has 3 amide bonds. The van der Waals surface area contributed by atoms with Gasteiger partial charge < -0.3 is 29.8 Å². The third-order valence-corrected chi connectivity index (χ3v) is 11.6. The van der Waals surface area contributed by atoms with E-state index in [1.807, 2.05) is 97.0 Å². The monoisotopic (exact) mass is 790 g/mol. The Labute approximate surface area is 344 Å². The van der Waals surface area contributed by atoms with Crippen LogP contribution >= 0.6 is 0 Å². The number of alkyl carbamates (subject to hydrolysis) is 1. The molecule has 4 atom stereocenters. The van der Waals surface area contributed by atoms with Crippen molar-refractivity contribution in [3.05, 3.63) is 144 Å². The molecule has 0 unspecified atom stereocenters. The lowest BCUT2D eigenvalue weighted by Crippen LogP contribution is -2.42. The van der Waals surface area contributed by atoms with Gasteiger partial charge in [0.25, 0.3) is 5.91 Å². The Morgan fingerprint density at radius 2 is 1.24 bits per heavy atom. The number of methoxy groups -OCH3 is 1. The van der Waals surface area contributed by atoms with Gasteiger partial charge in [-0.05, 0) is 91.7 Å². The SMILES string of the molecule is COC(=O)N[C@@H](C(=O)N1CCC[C@H]1c1ncc(-c2ccc(-c3ccc(-c4cnc([C@@H]5CCCN5C(=O)[C@@H](c5ccccc5)N(C)C)[nH]4)cc3C)cc2)[nH]1)c1ccccc1. The number of H-pyrrole nitrogens is 2. The molecule has 2 fully saturated rings. The molecular weight excluding hydrogens is 741 g/mol. The minimum atomic E-state index is -0.873. The molecule has 302 valence electrons. The van der Waals surface area contributed by atoms with E-state index in [0.29, 0.717) is 24.5 Å². The Morgan fingerprint density at radius 3 is 1.80 bits per heavy atom. The zero-order valence-corrected chi connectivity index (χ0v) is 33.9. The summed E-state index contributed by atoms with van der Waals surface area (Å²) in [6.07, 6.45) is 6.42. The van der Waals surface area contributed by atoms with E-state index in [1.165, 1.54) is 7.11 Å². The summed E-state index contributed by atoms with van der Waals surface area (Å²) >= 11 is 0. The molecule has 4 aromatic carbocycles. The molecule has 59 heavy (non-hydrogen) atoms. The molecule has 12 heteroatoms. The fourth-order valence-electron chi connectivity index (χ4n) is 8.65. The number of likely N-dealkylation sites (tertiary alicyclic amines) is 2. The molecule has 2 aromatic heterocycles. The van der Waals surface area contributed by atoms with Crippen molar-refractivity contribution in [2.24, 2.45) is 0 Å². The standard InChI is InChI=1S/C47H50N8O4/c1-30-27-35(38-29-49-44(51-38)40-18-12-26-55(40)46(57)42(53(2)3)34-15-9-6-10-16-34)23-24-36(30)31-19-21-32(22-20-31)37-28-48-43(50-37)39-17-11-25-54(39)45(56)41(52-47(58)59-4)33-13-7-5-8-14-33/h5-10,13-16,19-24,27-29,39-42H,11-12,17-18,25-26H2,1-4H3,(H,48,50)(H,49,51)(H,52,58)/t39-,40-,41+,42+/m0/s1. The molecule has 0 aliphatic carbocycles. The maximum atomic E-state index is 14.0. The van der Waals surface area contributed by atoms with Crippen molar-refractivity contribution in [1.82, 2.24) is 40.0 Å². The number of carbonyl (C=O) groups excluding carboxylic acids is 3. The number of benzene rings is 4. The second-order valence-electron chi connectivity index (χ2n) is 15.6. The molecule has 6 aromatic rings. The highest BCUT2D eigenvalue weighted by atomic mass is 16.5. The van der Waals surface area contributed by atoms with Crippen LogP contribution in [0.1, 0.15) is 78.2 Å². The first-order valence-corrected chi connectivity index (χ1v) is 20.2. The number of aryl methyl sites for hydroxylation is 1. The van der Waals surface area contributed by atoms with Crippen LogP contribution in [0.15, 0.2) is 116 Å². The van der Waals surface area contributed by atoms with Crippen LogP contribution in [-0.2, 0) is 14.3 Å². The summed E-state index contributed by atoms with van der Waals surface area (Å²) in [6.45, 7) is 3.39. The third kappa shape index (κ3) is 8.13. The zero-order valence-electron chi connectivity index (χ0n) is 33.9. The predicted molar refractivity (Wildman–Crippen MR) is 227 cm³/mol. The van der Waals surface area contributed by atoms with Crippen LogP contribution in [0.25, 0.3) is 33.6 Å². The summed E-state index contributed by atoms with van der Waals surface area (Å²) in [4.78, 5) is 62.4. The molecule has 0 bridgehead atoms. The van der Waals surface area contributed by atoms with Gasteiger partial charge in [0.1, 0.15) is 23.7 Å². The van der Waals surface area contributed by atoms with E-state index < -0.39 is 12.1 Å². The van der Waals surface area contributed by atoms with Gasteiger partial charge in [-0.25, -0.2) is 14.8 Å². The lowest BCUT2D eigenvalue weighted by Gasteiger charge is -2.31. The zero-order chi connectivity index (χ0) is 41.0. The van der Waals surface area contributed by atoms with Crippen molar-refractivity contribution in [1.29, 1.82) is 0 Å². The first kappa shape index (κ1) is 39.3. The summed E-state index contributed by atoms with van der Waals surface area (Å²) in [5.41, 5.74) is 8.83. The largest absolute Gasteiger partial charge is 0.453 e. The molecule has 8 rings (SSSR count). The van der Waals surface area contributed by atoms with Gasteiger partial charge in [-0.1, -0.05) is 97.1 Å². The molecule has 0 saturated carbocycles. The van der Waals surface area contributed by atoms with Crippen LogP contribution in [-0.4, -0.2) is 86.8 Å². The molecule has 12 nitrogen and oxygen atoms in total. The number of amides is 3. The number of rotatable bonds is 11. The van der Waals surface area contributed by atoms with Crippen LogP contribution in [0.4, 0.5) is 4.79 Å². The van der Waals surface area contributed by atoms with Crippen molar-refractivity contribution in [3.63, 3.8) is 0 Å². The fraction of sp³-hybridized carbons (Fsp3) is 0.298. The van der Waals surface area contributed by atoms with Crippen LogP contribution in [0.3, 0.4) is 0 Å². The van der Waals surface area contributed by atoms with Crippen molar-refractivity contribution in [2.75, 3.05) is 34.3 Å². The number of aromatic amines is 2. The van der Waals surface area contributed by atoms with Gasteiger partial charge in [0.15, 0.2) is 0 Å². The first-order valence-electron chi connectivity index (χ1n) is 20.2. The Hall–Kier alpha value is -6.53. The quantitative estimate of drug-likeness (QED) is 0.120.